The lowest BCUT2D eigenvalue weighted by Crippen LogP contribution is -2.52. The molecule has 55 heavy (non-hydrogen) atoms. The minimum absolute atomic E-state index is 0.0197. The SMILES string of the molecule is CCN(CC)CC.N[C@H](CCC(=O)O)C(=O)N[C@H](Cc1c[nH]c2ccccc12)C(=O)NCCCCCCCCCCCCOP(=O)(O)Oc1ccccc1Cl. The quantitative estimate of drug-likeness (QED) is 0.0330. The molecule has 2 amide bonds. The van der Waals surface area contributed by atoms with Crippen LogP contribution in [0.15, 0.2) is 54.7 Å². The first-order chi connectivity index (χ1) is 26.4. The van der Waals surface area contributed by atoms with Gasteiger partial charge in [0.1, 0.15) is 11.8 Å². The van der Waals surface area contributed by atoms with Crippen LogP contribution in [0.25, 0.3) is 10.9 Å². The Morgan fingerprint density at radius 3 is 2.05 bits per heavy atom. The van der Waals surface area contributed by atoms with Gasteiger partial charge in [-0.15, -0.1) is 0 Å². The fraction of sp³-hybridized carbons (Fsp3) is 0.575. The van der Waals surface area contributed by atoms with Crippen molar-refractivity contribution in [3.8, 4) is 5.75 Å². The number of aromatic amines is 1. The number of carboxylic acid groups (broad SMARTS) is 1. The number of halogens is 1. The Labute approximate surface area is 331 Å². The highest BCUT2D eigenvalue weighted by molar-refractivity contribution is 7.47. The summed E-state index contributed by atoms with van der Waals surface area (Å²) in [7, 11) is -4.22. The van der Waals surface area contributed by atoms with Gasteiger partial charge in [-0.25, -0.2) is 4.57 Å². The maximum absolute atomic E-state index is 13.2. The second kappa shape index (κ2) is 27.2. The van der Waals surface area contributed by atoms with Crippen LogP contribution in [-0.2, 0) is 29.9 Å². The van der Waals surface area contributed by atoms with E-state index < -0.39 is 31.8 Å². The summed E-state index contributed by atoms with van der Waals surface area (Å²) >= 11 is 5.95. The fourth-order valence-corrected chi connectivity index (χ4v) is 6.96. The minimum Gasteiger partial charge on any atom is -0.481 e. The van der Waals surface area contributed by atoms with Crippen molar-refractivity contribution in [1.82, 2.24) is 20.5 Å². The van der Waals surface area contributed by atoms with E-state index in [4.69, 9.17) is 31.5 Å². The molecule has 1 aromatic heterocycles. The van der Waals surface area contributed by atoms with Crippen LogP contribution in [0.4, 0.5) is 0 Å². The molecule has 0 aliphatic heterocycles. The molecule has 0 saturated carbocycles. The van der Waals surface area contributed by atoms with E-state index in [0.717, 1.165) is 74.3 Å². The lowest BCUT2D eigenvalue weighted by Gasteiger charge is -2.20. The van der Waals surface area contributed by atoms with Crippen LogP contribution < -0.4 is 20.9 Å². The average Bonchev–Trinajstić information content (AvgIpc) is 3.57. The number of hydrogen-bond acceptors (Lipinski definition) is 8. The van der Waals surface area contributed by atoms with Gasteiger partial charge in [-0.2, -0.15) is 0 Å². The topological polar surface area (TPSA) is 196 Å². The van der Waals surface area contributed by atoms with Crippen molar-refractivity contribution in [3.05, 3.63) is 65.3 Å². The number of phosphoric acid groups is 1. The normalized spacial score (nSPS) is 13.4. The van der Waals surface area contributed by atoms with Crippen molar-refractivity contribution in [2.45, 2.75) is 116 Å². The Kier molecular flexibility index (Phi) is 23.6. The number of carbonyl (C=O) groups is 3. The van der Waals surface area contributed by atoms with Gasteiger partial charge in [0, 0.05) is 36.5 Å². The largest absolute Gasteiger partial charge is 0.527 e. The number of amides is 2. The van der Waals surface area contributed by atoms with E-state index in [1.54, 1.807) is 18.2 Å². The number of rotatable bonds is 27. The summed E-state index contributed by atoms with van der Waals surface area (Å²) in [5.41, 5.74) is 7.71. The fourth-order valence-electron chi connectivity index (χ4n) is 5.91. The molecule has 3 aromatic rings. The molecule has 0 fully saturated rings. The Morgan fingerprint density at radius 2 is 1.45 bits per heavy atom. The minimum atomic E-state index is -4.22. The van der Waals surface area contributed by atoms with Crippen LogP contribution in [-0.4, -0.2) is 82.5 Å². The van der Waals surface area contributed by atoms with Gasteiger partial charge in [-0.05, 0) is 62.7 Å². The highest BCUT2D eigenvalue weighted by Crippen LogP contribution is 2.45. The van der Waals surface area contributed by atoms with Gasteiger partial charge in [0.15, 0.2) is 0 Å². The zero-order valence-electron chi connectivity index (χ0n) is 32.8. The Morgan fingerprint density at radius 1 is 0.873 bits per heavy atom. The third-order valence-electron chi connectivity index (χ3n) is 9.25. The second-order valence-corrected chi connectivity index (χ2v) is 15.2. The Bertz CT molecular complexity index is 1600. The van der Waals surface area contributed by atoms with Gasteiger partial charge in [-0.1, -0.05) is 114 Å². The summed E-state index contributed by atoms with van der Waals surface area (Å²) in [6.07, 6.45) is 11.6. The van der Waals surface area contributed by atoms with Crippen molar-refractivity contribution >= 4 is 48.1 Å². The van der Waals surface area contributed by atoms with E-state index in [-0.39, 0.29) is 42.5 Å². The Hall–Kier alpha value is -3.45. The highest BCUT2D eigenvalue weighted by Gasteiger charge is 2.26. The van der Waals surface area contributed by atoms with Gasteiger partial charge in [0.05, 0.1) is 17.7 Å². The number of H-pyrrole nitrogens is 1. The second-order valence-electron chi connectivity index (χ2n) is 13.4. The summed E-state index contributed by atoms with van der Waals surface area (Å²) in [5, 5.41) is 15.8. The molecule has 308 valence electrons. The predicted octanol–water partition coefficient (Wildman–Crippen LogP) is 7.60. The number of aromatic nitrogens is 1. The van der Waals surface area contributed by atoms with E-state index in [1.165, 1.54) is 25.7 Å². The summed E-state index contributed by atoms with van der Waals surface area (Å²) < 4.78 is 22.2. The predicted molar refractivity (Wildman–Crippen MR) is 219 cm³/mol. The molecular weight excluding hydrogens is 745 g/mol. The van der Waals surface area contributed by atoms with Crippen LogP contribution in [0.5, 0.6) is 5.75 Å². The van der Waals surface area contributed by atoms with Crippen molar-refractivity contribution in [1.29, 1.82) is 0 Å². The van der Waals surface area contributed by atoms with Gasteiger partial charge in [-0.3, -0.25) is 23.8 Å². The summed E-state index contributed by atoms with van der Waals surface area (Å²) in [4.78, 5) is 52.2. The number of hydrogen-bond donors (Lipinski definition) is 6. The number of para-hydroxylation sites is 2. The standard InChI is InChI=1S/C34H48ClN4O8P.C6H15N/c35-27-16-10-12-18-31(27)47-48(44,45)46-22-14-8-6-4-2-1-3-5-7-13-21-37-34(43)30(39-33(42)28(36)19-20-32(40)41)23-25-24-38-29-17-11-9-15-26(25)29;1-4-7(5-2)6-3/h9-12,15-18,24,28,30,38H,1-8,13-14,19-23,36H2,(H,37,43)(H,39,42)(H,40,41)(H,44,45);4-6H2,1-3H3/t28-,30-;/m1./s1. The van der Waals surface area contributed by atoms with E-state index in [9.17, 15) is 23.8 Å². The third-order valence-corrected chi connectivity index (χ3v) is 10.5. The van der Waals surface area contributed by atoms with Gasteiger partial charge < -0.3 is 35.9 Å². The van der Waals surface area contributed by atoms with E-state index in [2.05, 4.69) is 41.3 Å². The first kappa shape index (κ1) is 47.7. The number of phosphoric ester groups is 1. The smallest absolute Gasteiger partial charge is 0.481 e. The van der Waals surface area contributed by atoms with Crippen molar-refractivity contribution in [2.75, 3.05) is 32.8 Å². The molecule has 1 heterocycles. The number of aliphatic carboxylic acids is 1. The van der Waals surface area contributed by atoms with Gasteiger partial charge >= 0.3 is 13.8 Å². The summed E-state index contributed by atoms with van der Waals surface area (Å²) in [5.74, 6) is -1.79. The molecule has 0 bridgehead atoms. The molecule has 13 nitrogen and oxygen atoms in total. The Balaban J connectivity index is 0.00000136. The maximum atomic E-state index is 13.2. The molecular formula is C40H63ClN5O8P. The van der Waals surface area contributed by atoms with Gasteiger partial charge in [0.25, 0.3) is 0 Å². The molecule has 2 aromatic carbocycles. The lowest BCUT2D eigenvalue weighted by atomic mass is 10.0. The first-order valence-corrected chi connectivity index (χ1v) is 21.5. The number of carbonyl (C=O) groups excluding carboxylic acids is 2. The number of carboxylic acids is 1. The van der Waals surface area contributed by atoms with Crippen LogP contribution in [0.1, 0.15) is 103 Å². The lowest BCUT2D eigenvalue weighted by molar-refractivity contribution is -0.137. The van der Waals surface area contributed by atoms with E-state index in [0.29, 0.717) is 13.0 Å². The van der Waals surface area contributed by atoms with Crippen LogP contribution in [0.2, 0.25) is 5.02 Å². The molecule has 3 atom stereocenters. The summed E-state index contributed by atoms with van der Waals surface area (Å²) in [6.45, 7) is 10.7. The zero-order chi connectivity index (χ0) is 40.5. The van der Waals surface area contributed by atoms with Gasteiger partial charge in [0.2, 0.25) is 11.8 Å². The number of benzene rings is 2. The van der Waals surface area contributed by atoms with Crippen molar-refractivity contribution in [3.63, 3.8) is 0 Å². The third kappa shape index (κ3) is 19.8. The number of unbranched alkanes of at least 4 members (excludes halogenated alkanes) is 9. The number of nitrogens with two attached hydrogens (primary N) is 1. The van der Waals surface area contributed by atoms with Crippen molar-refractivity contribution in [2.24, 2.45) is 5.73 Å². The molecule has 0 aliphatic rings. The molecule has 3 rings (SSSR count). The molecule has 0 aliphatic carbocycles. The average molecular weight is 808 g/mol. The molecule has 0 saturated heterocycles. The van der Waals surface area contributed by atoms with E-state index in [1.807, 2.05) is 30.5 Å². The highest BCUT2D eigenvalue weighted by atomic mass is 35.5. The first-order valence-electron chi connectivity index (χ1n) is 19.6. The van der Waals surface area contributed by atoms with Crippen molar-refractivity contribution < 1.29 is 38.0 Å². The molecule has 15 heteroatoms. The molecule has 1 unspecified atom stereocenters. The number of fused-ring (bicyclic) bond motifs is 1. The van der Waals surface area contributed by atoms with Crippen LogP contribution >= 0.6 is 19.4 Å². The monoisotopic (exact) mass is 807 g/mol. The van der Waals surface area contributed by atoms with Crippen LogP contribution in [0.3, 0.4) is 0 Å². The van der Waals surface area contributed by atoms with E-state index >= 15 is 0 Å². The summed E-state index contributed by atoms with van der Waals surface area (Å²) in [6, 6.07) is 12.3. The zero-order valence-corrected chi connectivity index (χ0v) is 34.4. The molecule has 7 N–H and O–H groups in total. The molecule has 0 spiro atoms. The molecule has 0 radical (unpaired) electrons. The van der Waals surface area contributed by atoms with Crippen LogP contribution in [0, 0.1) is 0 Å². The number of nitrogens with one attached hydrogen (secondary N) is 3. The maximum Gasteiger partial charge on any atom is 0.527 e. The number of nitrogens with zero attached hydrogens (tertiary/aromatic N) is 1.